The molecule has 0 aliphatic heterocycles. The van der Waals surface area contributed by atoms with Crippen LogP contribution in [0.25, 0.3) is 22.8 Å². The van der Waals surface area contributed by atoms with Gasteiger partial charge >= 0.3 is 0 Å². The predicted octanol–water partition coefficient (Wildman–Crippen LogP) is 4.96. The number of carbonyl (C=O) groups is 1. The zero-order chi connectivity index (χ0) is 25.7. The zero-order valence-corrected chi connectivity index (χ0v) is 19.9. The molecule has 8 heteroatoms. The number of fused-ring (bicyclic) bond motifs is 4. The summed E-state index contributed by atoms with van der Waals surface area (Å²) in [6, 6.07) is 3.38. The Morgan fingerprint density at radius 3 is 2.42 bits per heavy atom. The summed E-state index contributed by atoms with van der Waals surface area (Å²) in [5.41, 5.74) is -0.159. The lowest BCUT2D eigenvalue weighted by molar-refractivity contribution is 0.105. The molecule has 2 heterocycles. The van der Waals surface area contributed by atoms with Crippen LogP contribution in [0.3, 0.4) is 0 Å². The minimum absolute atomic E-state index is 0.0265. The van der Waals surface area contributed by atoms with E-state index in [0.717, 1.165) is 31.4 Å². The van der Waals surface area contributed by atoms with Gasteiger partial charge in [-0.2, -0.15) is 0 Å². The van der Waals surface area contributed by atoms with Crippen molar-refractivity contribution in [2.24, 2.45) is 0 Å². The fraction of sp³-hybridized carbons (Fsp3) is 0.321. The second-order valence-corrected chi connectivity index (χ2v) is 9.29. The molecule has 5 rings (SSSR count). The molecule has 2 aliphatic rings. The summed E-state index contributed by atoms with van der Waals surface area (Å²) in [6.45, 7) is 4.32. The number of pyridine rings is 2. The highest BCUT2D eigenvalue weighted by Gasteiger charge is 2.26. The lowest BCUT2D eigenvalue weighted by Gasteiger charge is -2.20. The van der Waals surface area contributed by atoms with Gasteiger partial charge in [-0.25, -0.2) is 22.5 Å². The third-order valence-electron chi connectivity index (χ3n) is 6.94. The van der Waals surface area contributed by atoms with Crippen molar-refractivity contribution in [2.45, 2.75) is 58.4 Å². The quantitative estimate of drug-likeness (QED) is 0.454. The van der Waals surface area contributed by atoms with E-state index in [4.69, 9.17) is 0 Å². The number of nitrogens with zero attached hydrogens (tertiary/aromatic N) is 2. The van der Waals surface area contributed by atoms with Crippen LogP contribution < -0.4 is 16.1 Å². The Morgan fingerprint density at radius 1 is 0.972 bits per heavy atom. The number of unbranched alkanes of at least 4 members (excludes halogenated alkanes) is 2. The first-order valence-electron chi connectivity index (χ1n) is 12.2. The van der Waals surface area contributed by atoms with Gasteiger partial charge < -0.3 is 4.57 Å². The maximum absolute atomic E-state index is 14.8. The summed E-state index contributed by atoms with van der Waals surface area (Å²) in [6.07, 6.45) is 6.03. The highest BCUT2D eigenvalue weighted by atomic mass is 19.2. The summed E-state index contributed by atoms with van der Waals surface area (Å²) in [4.78, 5) is 31.0. The van der Waals surface area contributed by atoms with Crippen LogP contribution in [-0.2, 0) is 6.54 Å². The van der Waals surface area contributed by atoms with E-state index in [1.165, 1.54) is 12.2 Å². The molecular weight excluding hydrogens is 472 g/mol. The standard InChI is InChI=1S/C28H24F4N2O2/c1-3-5-7-14-9-20(31)25(32)27-15(14)10-17-24-22(13-23(35)26(17)33-27)34(8-6-4-2)21-12-19(30)18(29)11-16(21)28(24)36/h9-14H,3-8H2,1-2H3. The number of allylic oxidation sites excluding steroid dienone is 2. The average Bonchev–Trinajstić information content (AvgIpc) is 2.86. The molecule has 3 aromatic rings. The van der Waals surface area contributed by atoms with E-state index < -0.39 is 40.4 Å². The van der Waals surface area contributed by atoms with Gasteiger partial charge in [-0.1, -0.05) is 33.1 Å². The molecule has 2 aromatic heterocycles. The number of hydrogen-bond donors (Lipinski definition) is 0. The smallest absolute Gasteiger partial charge is 0.206 e. The van der Waals surface area contributed by atoms with Gasteiger partial charge in [0.05, 0.1) is 16.1 Å². The number of benzene rings is 1. The van der Waals surface area contributed by atoms with Crippen molar-refractivity contribution in [3.63, 3.8) is 0 Å². The van der Waals surface area contributed by atoms with Crippen molar-refractivity contribution in [1.29, 1.82) is 0 Å². The summed E-state index contributed by atoms with van der Waals surface area (Å²) in [5.74, 6) is -5.46. The molecule has 2 aliphatic carbocycles. The second kappa shape index (κ2) is 9.15. The molecule has 1 unspecified atom stereocenters. The number of halogens is 4. The van der Waals surface area contributed by atoms with E-state index in [1.54, 1.807) is 10.6 Å². The molecule has 0 spiro atoms. The zero-order valence-electron chi connectivity index (χ0n) is 19.9. The summed E-state index contributed by atoms with van der Waals surface area (Å²) >= 11 is 0. The maximum Gasteiger partial charge on any atom is 0.206 e. The highest BCUT2D eigenvalue weighted by Crippen LogP contribution is 2.30. The van der Waals surface area contributed by atoms with Crippen LogP contribution >= 0.6 is 0 Å². The van der Waals surface area contributed by atoms with Gasteiger partial charge in [-0.05, 0) is 36.6 Å². The van der Waals surface area contributed by atoms with Crippen LogP contribution in [0, 0.1) is 22.1 Å². The van der Waals surface area contributed by atoms with Gasteiger partial charge in [-0.15, -0.1) is 0 Å². The number of hydrogen-bond acceptors (Lipinski definition) is 3. The van der Waals surface area contributed by atoms with Gasteiger partial charge in [0.2, 0.25) is 5.78 Å². The van der Waals surface area contributed by atoms with Crippen molar-refractivity contribution >= 4 is 28.6 Å². The Labute approximate surface area is 203 Å². The fourth-order valence-corrected chi connectivity index (χ4v) is 5.10. The number of aromatic nitrogens is 2. The van der Waals surface area contributed by atoms with E-state index in [2.05, 4.69) is 4.98 Å². The van der Waals surface area contributed by atoms with Crippen LogP contribution in [0.2, 0.25) is 0 Å². The Bertz CT molecular complexity index is 1760. The molecule has 4 nitrogen and oxygen atoms in total. The van der Waals surface area contributed by atoms with E-state index >= 15 is 0 Å². The van der Waals surface area contributed by atoms with Gasteiger partial charge in [-0.3, -0.25) is 9.59 Å². The third kappa shape index (κ3) is 3.70. The summed E-state index contributed by atoms with van der Waals surface area (Å²) in [7, 11) is 0. The maximum atomic E-state index is 14.8. The number of carbonyl (C=O) groups excluding carboxylic acids is 1. The highest BCUT2D eigenvalue weighted by molar-refractivity contribution is 6.17. The van der Waals surface area contributed by atoms with Gasteiger partial charge in [0, 0.05) is 35.2 Å². The first-order valence-corrected chi connectivity index (χ1v) is 12.2. The van der Waals surface area contributed by atoms with Crippen LogP contribution in [0.5, 0.6) is 0 Å². The number of rotatable bonds is 6. The SMILES string of the molecule is CCCCC1C=C(F)C(F)=c2nc3c(cc21)=c1c(=O)c2cc(F)c(F)cc2n(CCCC)c1=CC3=O. The van der Waals surface area contributed by atoms with Gasteiger partial charge in [0.1, 0.15) is 11.0 Å². The second-order valence-electron chi connectivity index (χ2n) is 9.29. The normalized spacial score (nSPS) is 16.4. The topological polar surface area (TPSA) is 52.0 Å². The Balaban J connectivity index is 1.99. The fourth-order valence-electron chi connectivity index (χ4n) is 5.10. The Hall–Kier alpha value is -3.55. The minimum Gasteiger partial charge on any atom is -0.340 e. The van der Waals surface area contributed by atoms with E-state index in [0.29, 0.717) is 24.9 Å². The lowest BCUT2D eigenvalue weighted by Crippen LogP contribution is -2.35. The van der Waals surface area contributed by atoms with Crippen molar-refractivity contribution in [1.82, 2.24) is 9.55 Å². The third-order valence-corrected chi connectivity index (χ3v) is 6.94. The molecule has 1 aromatic carbocycles. The van der Waals surface area contributed by atoms with E-state index in [-0.39, 0.29) is 37.7 Å². The Kier molecular flexibility index (Phi) is 6.14. The van der Waals surface area contributed by atoms with Crippen molar-refractivity contribution in [3.8, 4) is 0 Å². The first-order chi connectivity index (χ1) is 17.3. The molecule has 36 heavy (non-hydrogen) atoms. The molecule has 0 amide bonds. The number of ketones is 1. The number of aryl methyl sites for hydroxylation is 1. The van der Waals surface area contributed by atoms with E-state index in [1.807, 2.05) is 13.8 Å². The van der Waals surface area contributed by atoms with Crippen LogP contribution in [0.4, 0.5) is 17.6 Å². The molecule has 0 bridgehead atoms. The average molecular weight is 497 g/mol. The monoisotopic (exact) mass is 496 g/mol. The van der Waals surface area contributed by atoms with Crippen LogP contribution in [-0.4, -0.2) is 15.3 Å². The molecule has 0 saturated carbocycles. The van der Waals surface area contributed by atoms with Gasteiger partial charge in [0.15, 0.2) is 28.7 Å². The predicted molar refractivity (Wildman–Crippen MR) is 129 cm³/mol. The largest absolute Gasteiger partial charge is 0.340 e. The molecule has 0 radical (unpaired) electrons. The van der Waals surface area contributed by atoms with E-state index in [9.17, 15) is 27.2 Å². The van der Waals surface area contributed by atoms with Crippen LogP contribution in [0.15, 0.2) is 34.9 Å². The lowest BCUT2D eigenvalue weighted by atomic mass is 9.88. The molecule has 0 fully saturated rings. The molecule has 0 saturated heterocycles. The van der Waals surface area contributed by atoms with Crippen LogP contribution in [0.1, 0.15) is 67.9 Å². The number of Topliss-reactive ketones (excluding diaryl/α,β-unsaturated/α-hetero) is 1. The van der Waals surface area contributed by atoms with Crippen molar-refractivity contribution < 1.29 is 22.4 Å². The van der Waals surface area contributed by atoms with Crippen molar-refractivity contribution in [3.05, 3.63) is 84.4 Å². The molecular formula is C28H24F4N2O2. The van der Waals surface area contributed by atoms with Gasteiger partial charge in [0.25, 0.3) is 0 Å². The minimum atomic E-state index is -1.15. The summed E-state index contributed by atoms with van der Waals surface area (Å²) in [5, 5.41) is 0.335. The van der Waals surface area contributed by atoms with Crippen molar-refractivity contribution in [2.75, 3.05) is 0 Å². The molecule has 1 atom stereocenters. The molecule has 0 N–H and O–H groups in total. The molecule has 186 valence electrons. The first kappa shape index (κ1) is 24.2. The summed E-state index contributed by atoms with van der Waals surface area (Å²) < 4.78 is 59.2. The Morgan fingerprint density at radius 2 is 1.69 bits per heavy atom.